The summed E-state index contributed by atoms with van der Waals surface area (Å²) in [6.45, 7) is 4.56. The highest BCUT2D eigenvalue weighted by molar-refractivity contribution is 14.1. The monoisotopic (exact) mass is 683 g/mol. The lowest BCUT2D eigenvalue weighted by Crippen LogP contribution is -2.28. The van der Waals surface area contributed by atoms with Gasteiger partial charge in [0.05, 0.1) is 17.7 Å². The van der Waals surface area contributed by atoms with Crippen LogP contribution in [0.2, 0.25) is 0 Å². The number of anilines is 1. The molecule has 0 N–H and O–H groups in total. The molecule has 0 aliphatic carbocycles. The number of hydrogen-bond acceptors (Lipinski definition) is 4. The van der Waals surface area contributed by atoms with Crippen molar-refractivity contribution in [3.05, 3.63) is 95.0 Å². The molecule has 0 saturated carbocycles. The number of halogens is 2. The van der Waals surface area contributed by atoms with Gasteiger partial charge in [-0.3, -0.25) is 9.69 Å². The normalized spacial score (nSPS) is 15.0. The number of carbonyl (C=O) groups excluding carboxylic acids is 1. The molecule has 3 aromatic rings. The topological polar surface area (TPSA) is 29.5 Å². The zero-order valence-corrected chi connectivity index (χ0v) is 23.3. The Bertz CT molecular complexity index is 1220. The molecule has 0 radical (unpaired) electrons. The number of thioether (sulfide) groups is 1. The van der Waals surface area contributed by atoms with Crippen LogP contribution in [0.5, 0.6) is 5.75 Å². The summed E-state index contributed by atoms with van der Waals surface area (Å²) >= 11 is 11.5. The van der Waals surface area contributed by atoms with Gasteiger partial charge >= 0.3 is 0 Å². The van der Waals surface area contributed by atoms with E-state index >= 15 is 0 Å². The van der Waals surface area contributed by atoms with Gasteiger partial charge in [0.1, 0.15) is 12.4 Å². The van der Waals surface area contributed by atoms with E-state index in [1.165, 1.54) is 11.8 Å². The average molecular weight is 683 g/mol. The van der Waals surface area contributed by atoms with Gasteiger partial charge in [0.2, 0.25) is 0 Å². The molecule has 0 bridgehead atoms. The summed E-state index contributed by atoms with van der Waals surface area (Å²) < 4.78 is 8.64. The second kappa shape index (κ2) is 10.2. The number of ether oxygens (including phenoxy) is 1. The van der Waals surface area contributed by atoms with Crippen LogP contribution in [0.25, 0.3) is 6.08 Å². The molecular formula is C25H19I2NO2S2. The Kier molecular flexibility index (Phi) is 7.58. The second-order valence-corrected chi connectivity index (χ2v) is 11.4. The minimum absolute atomic E-state index is 0.0821. The Morgan fingerprint density at radius 3 is 2.38 bits per heavy atom. The smallest absolute Gasteiger partial charge is 0.270 e. The largest absolute Gasteiger partial charge is 0.487 e. The van der Waals surface area contributed by atoms with Crippen LogP contribution < -0.4 is 9.64 Å². The molecule has 7 heteroatoms. The molecule has 1 amide bonds. The van der Waals surface area contributed by atoms with E-state index in [2.05, 4.69) is 51.2 Å². The second-order valence-electron chi connectivity index (χ2n) is 7.40. The fourth-order valence-electron chi connectivity index (χ4n) is 3.41. The maximum atomic E-state index is 13.2. The lowest BCUT2D eigenvalue weighted by Gasteiger charge is -2.17. The van der Waals surface area contributed by atoms with Gasteiger partial charge in [-0.05, 0) is 100.0 Å². The zero-order valence-electron chi connectivity index (χ0n) is 17.4. The standard InChI is InChI=1S/C25H19I2NO2S2/c1-15-8-9-21(16(2)10-15)28-24(29)22(32-25(28)31)13-18-11-19(26)23(20(27)12-18)30-14-17-6-4-3-5-7-17/h3-13H,14H2,1-2H3/b22-13-. The van der Waals surface area contributed by atoms with Crippen molar-refractivity contribution in [3.63, 3.8) is 0 Å². The number of nitrogens with zero attached hydrogens (tertiary/aromatic N) is 1. The van der Waals surface area contributed by atoms with Crippen LogP contribution in [0.3, 0.4) is 0 Å². The van der Waals surface area contributed by atoms with E-state index < -0.39 is 0 Å². The predicted octanol–water partition coefficient (Wildman–Crippen LogP) is 7.50. The molecule has 0 unspecified atom stereocenters. The third-order valence-corrected chi connectivity index (χ3v) is 7.84. The average Bonchev–Trinajstić information content (AvgIpc) is 3.01. The van der Waals surface area contributed by atoms with Gasteiger partial charge in [-0.15, -0.1) is 0 Å². The van der Waals surface area contributed by atoms with E-state index in [-0.39, 0.29) is 5.91 Å². The Balaban J connectivity index is 1.57. The first kappa shape index (κ1) is 23.7. The van der Waals surface area contributed by atoms with Crippen LogP contribution in [0, 0.1) is 21.0 Å². The molecular weight excluding hydrogens is 664 g/mol. The molecule has 3 aromatic carbocycles. The maximum Gasteiger partial charge on any atom is 0.270 e. The summed E-state index contributed by atoms with van der Waals surface area (Å²) in [4.78, 5) is 15.4. The molecule has 162 valence electrons. The van der Waals surface area contributed by atoms with E-state index in [0.717, 1.165) is 40.8 Å². The van der Waals surface area contributed by atoms with Gasteiger partial charge in [-0.1, -0.05) is 72.0 Å². The summed E-state index contributed by atoms with van der Waals surface area (Å²) in [5.41, 5.74) is 5.11. The number of thiocarbonyl (C=S) groups is 1. The van der Waals surface area contributed by atoms with Crippen LogP contribution in [-0.4, -0.2) is 10.2 Å². The van der Waals surface area contributed by atoms with Crippen LogP contribution in [0.15, 0.2) is 65.6 Å². The fraction of sp³-hybridized carbons (Fsp3) is 0.120. The highest BCUT2D eigenvalue weighted by Crippen LogP contribution is 2.38. The molecule has 0 atom stereocenters. The molecule has 1 fully saturated rings. The van der Waals surface area contributed by atoms with Gasteiger partial charge in [-0.2, -0.15) is 0 Å². The van der Waals surface area contributed by atoms with Gasteiger partial charge in [0.15, 0.2) is 4.32 Å². The number of benzene rings is 3. The first-order valence-corrected chi connectivity index (χ1v) is 13.2. The molecule has 3 nitrogen and oxygen atoms in total. The third kappa shape index (κ3) is 5.21. The van der Waals surface area contributed by atoms with Crippen LogP contribution in [0.4, 0.5) is 5.69 Å². The summed E-state index contributed by atoms with van der Waals surface area (Å²) in [5, 5.41) is 0. The van der Waals surface area contributed by atoms with Crippen LogP contribution in [-0.2, 0) is 11.4 Å². The van der Waals surface area contributed by atoms with Crippen molar-refractivity contribution in [1.29, 1.82) is 0 Å². The Morgan fingerprint density at radius 2 is 1.72 bits per heavy atom. The number of amides is 1. The van der Waals surface area contributed by atoms with E-state index in [9.17, 15) is 4.79 Å². The maximum absolute atomic E-state index is 13.2. The SMILES string of the molecule is Cc1ccc(N2C(=O)/C(=C/c3cc(I)c(OCc4ccccc4)c(I)c3)SC2=S)c(C)c1. The van der Waals surface area contributed by atoms with Crippen molar-refractivity contribution >= 4 is 91.2 Å². The molecule has 1 aliphatic heterocycles. The summed E-state index contributed by atoms with van der Waals surface area (Å²) in [7, 11) is 0. The predicted molar refractivity (Wildman–Crippen MR) is 154 cm³/mol. The summed E-state index contributed by atoms with van der Waals surface area (Å²) in [5.74, 6) is 0.774. The third-order valence-electron chi connectivity index (χ3n) is 4.93. The number of hydrogen-bond donors (Lipinski definition) is 0. The van der Waals surface area contributed by atoms with Gasteiger partial charge < -0.3 is 4.74 Å². The highest BCUT2D eigenvalue weighted by atomic mass is 127. The molecule has 1 aliphatic rings. The van der Waals surface area contributed by atoms with Crippen molar-refractivity contribution in [2.75, 3.05) is 4.90 Å². The van der Waals surface area contributed by atoms with Crippen molar-refractivity contribution in [3.8, 4) is 5.75 Å². The Labute approximate surface area is 224 Å². The van der Waals surface area contributed by atoms with E-state index in [1.54, 1.807) is 4.90 Å². The Hall–Kier alpha value is -1.43. The van der Waals surface area contributed by atoms with E-state index in [0.29, 0.717) is 15.8 Å². The van der Waals surface area contributed by atoms with Crippen LogP contribution >= 0.6 is 69.2 Å². The highest BCUT2D eigenvalue weighted by Gasteiger charge is 2.34. The first-order valence-electron chi connectivity index (χ1n) is 9.84. The molecule has 1 heterocycles. The molecule has 4 rings (SSSR count). The number of aryl methyl sites for hydroxylation is 2. The Morgan fingerprint density at radius 1 is 1.03 bits per heavy atom. The van der Waals surface area contributed by atoms with E-state index in [4.69, 9.17) is 17.0 Å². The van der Waals surface area contributed by atoms with Gasteiger partial charge in [-0.25, -0.2) is 0 Å². The number of carbonyl (C=O) groups is 1. The minimum Gasteiger partial charge on any atom is -0.487 e. The van der Waals surface area contributed by atoms with Crippen molar-refractivity contribution < 1.29 is 9.53 Å². The lowest BCUT2D eigenvalue weighted by atomic mass is 10.1. The van der Waals surface area contributed by atoms with E-state index in [1.807, 2.05) is 74.5 Å². The molecule has 32 heavy (non-hydrogen) atoms. The van der Waals surface area contributed by atoms with Crippen molar-refractivity contribution in [2.24, 2.45) is 0 Å². The summed E-state index contributed by atoms with van der Waals surface area (Å²) in [6, 6.07) is 20.2. The van der Waals surface area contributed by atoms with Crippen LogP contribution in [0.1, 0.15) is 22.3 Å². The van der Waals surface area contributed by atoms with Crippen molar-refractivity contribution in [2.45, 2.75) is 20.5 Å². The summed E-state index contributed by atoms with van der Waals surface area (Å²) in [6.07, 6.45) is 1.91. The van der Waals surface area contributed by atoms with Gasteiger partial charge in [0.25, 0.3) is 5.91 Å². The number of rotatable bonds is 5. The van der Waals surface area contributed by atoms with Crippen molar-refractivity contribution in [1.82, 2.24) is 0 Å². The first-order chi connectivity index (χ1) is 15.3. The zero-order chi connectivity index (χ0) is 22.8. The fourth-order valence-corrected chi connectivity index (χ4v) is 6.83. The quantitative estimate of drug-likeness (QED) is 0.158. The molecule has 1 saturated heterocycles. The minimum atomic E-state index is -0.0821. The molecule has 0 aromatic heterocycles. The lowest BCUT2D eigenvalue weighted by molar-refractivity contribution is -0.113. The molecule has 0 spiro atoms. The van der Waals surface area contributed by atoms with Gasteiger partial charge in [0, 0.05) is 0 Å².